The normalized spacial score (nSPS) is 20.2. The maximum atomic E-state index is 13.3. The summed E-state index contributed by atoms with van der Waals surface area (Å²) < 4.78 is 19.6. The van der Waals surface area contributed by atoms with Gasteiger partial charge in [-0.15, -0.1) is 0 Å². The fraction of sp³-hybridized carbons (Fsp3) is 0.593. The van der Waals surface area contributed by atoms with E-state index in [0.29, 0.717) is 69.6 Å². The van der Waals surface area contributed by atoms with Crippen molar-refractivity contribution in [2.75, 3.05) is 52.6 Å². The zero-order chi connectivity index (χ0) is 26.6. The zero-order valence-corrected chi connectivity index (χ0v) is 23.0. The van der Waals surface area contributed by atoms with E-state index in [0.717, 1.165) is 22.5 Å². The number of nitrogens with zero attached hydrogens (tertiary/aromatic N) is 4. The summed E-state index contributed by atoms with van der Waals surface area (Å²) in [7, 11) is 1.91. The Morgan fingerprint density at radius 1 is 1.08 bits per heavy atom. The average molecular weight is 533 g/mol. The molecular weight excluding hydrogens is 496 g/mol. The smallest absolute Gasteiger partial charge is 0.225 e. The standard InChI is InChI=1S/C27H37ClN4O5/c1-19-15-22(5-7-24(19)28)36-18-27(16-26(34)31-9-12-35-13-10-31)17-32(11-14-37-27)25(33)8-6-23-20(2)29-30(4)21(23)3/h5,7,15H,6,8-14,16-18H2,1-4H3. The summed E-state index contributed by atoms with van der Waals surface area (Å²) >= 11 is 6.17. The lowest BCUT2D eigenvalue weighted by Gasteiger charge is -2.43. The predicted octanol–water partition coefficient (Wildman–Crippen LogP) is 2.86. The molecule has 3 heterocycles. The molecule has 2 fully saturated rings. The number of carbonyl (C=O) groups is 2. The van der Waals surface area contributed by atoms with Gasteiger partial charge in [-0.05, 0) is 56.5 Å². The topological polar surface area (TPSA) is 86.1 Å². The maximum Gasteiger partial charge on any atom is 0.225 e. The van der Waals surface area contributed by atoms with Crippen molar-refractivity contribution in [1.82, 2.24) is 19.6 Å². The van der Waals surface area contributed by atoms with Crippen molar-refractivity contribution < 1.29 is 23.8 Å². The van der Waals surface area contributed by atoms with Gasteiger partial charge < -0.3 is 24.0 Å². The van der Waals surface area contributed by atoms with Crippen molar-refractivity contribution in [2.24, 2.45) is 7.05 Å². The Bertz CT molecular complexity index is 1130. The van der Waals surface area contributed by atoms with Crippen LogP contribution in [0.25, 0.3) is 0 Å². The number of aromatic nitrogens is 2. The zero-order valence-electron chi connectivity index (χ0n) is 22.2. The summed E-state index contributed by atoms with van der Waals surface area (Å²) in [5.74, 6) is 0.668. The Hall–Kier alpha value is -2.62. The lowest BCUT2D eigenvalue weighted by Crippen LogP contribution is -2.58. The van der Waals surface area contributed by atoms with Crippen molar-refractivity contribution in [3.8, 4) is 5.75 Å². The van der Waals surface area contributed by atoms with Gasteiger partial charge in [0.1, 0.15) is 18.0 Å². The van der Waals surface area contributed by atoms with Crippen LogP contribution in [-0.4, -0.2) is 89.6 Å². The summed E-state index contributed by atoms with van der Waals surface area (Å²) in [5.41, 5.74) is 3.09. The van der Waals surface area contributed by atoms with Crippen LogP contribution in [-0.2, 0) is 32.5 Å². The third-order valence-corrected chi connectivity index (χ3v) is 7.74. The number of aryl methyl sites for hydroxylation is 3. The van der Waals surface area contributed by atoms with Gasteiger partial charge in [-0.3, -0.25) is 14.3 Å². The molecule has 202 valence electrons. The fourth-order valence-electron chi connectivity index (χ4n) is 4.99. The summed E-state index contributed by atoms with van der Waals surface area (Å²) in [4.78, 5) is 30.2. The van der Waals surface area contributed by atoms with Crippen molar-refractivity contribution in [2.45, 2.75) is 45.6 Å². The molecule has 0 N–H and O–H groups in total. The number of amides is 2. The number of rotatable bonds is 8. The summed E-state index contributed by atoms with van der Waals surface area (Å²) in [5, 5.41) is 5.12. The third kappa shape index (κ3) is 6.64. The highest BCUT2D eigenvalue weighted by Gasteiger charge is 2.42. The highest BCUT2D eigenvalue weighted by molar-refractivity contribution is 6.31. The Labute approximate surface area is 223 Å². The van der Waals surface area contributed by atoms with Gasteiger partial charge >= 0.3 is 0 Å². The van der Waals surface area contributed by atoms with Crippen LogP contribution < -0.4 is 4.74 Å². The molecule has 1 atom stereocenters. The van der Waals surface area contributed by atoms with E-state index < -0.39 is 5.60 Å². The highest BCUT2D eigenvalue weighted by atomic mass is 35.5. The molecule has 1 unspecified atom stereocenters. The molecule has 1 aromatic heterocycles. The molecule has 10 heteroatoms. The van der Waals surface area contributed by atoms with E-state index in [1.165, 1.54) is 0 Å². The van der Waals surface area contributed by atoms with Gasteiger partial charge in [-0.1, -0.05) is 11.6 Å². The summed E-state index contributed by atoms with van der Waals surface area (Å²) in [6, 6.07) is 5.46. The van der Waals surface area contributed by atoms with Crippen molar-refractivity contribution >= 4 is 23.4 Å². The lowest BCUT2D eigenvalue weighted by molar-refractivity contribution is -0.167. The van der Waals surface area contributed by atoms with E-state index >= 15 is 0 Å². The second-order valence-corrected chi connectivity index (χ2v) is 10.4. The number of hydrogen-bond acceptors (Lipinski definition) is 6. The molecule has 0 bridgehead atoms. The molecule has 4 rings (SSSR count). The number of halogens is 1. The van der Waals surface area contributed by atoms with E-state index in [1.54, 1.807) is 17.0 Å². The van der Waals surface area contributed by atoms with E-state index in [1.807, 2.05) is 43.5 Å². The van der Waals surface area contributed by atoms with Gasteiger partial charge in [-0.25, -0.2) is 0 Å². The first-order chi connectivity index (χ1) is 17.7. The van der Waals surface area contributed by atoms with Crippen LogP contribution in [0.3, 0.4) is 0 Å². The molecule has 0 aliphatic carbocycles. The van der Waals surface area contributed by atoms with Crippen molar-refractivity contribution in [3.05, 3.63) is 45.7 Å². The molecule has 0 spiro atoms. The van der Waals surface area contributed by atoms with E-state index in [9.17, 15) is 9.59 Å². The Kier molecular flexibility index (Phi) is 8.77. The summed E-state index contributed by atoms with van der Waals surface area (Å²) in [6.45, 7) is 9.33. The molecular formula is C27H37ClN4O5. The maximum absolute atomic E-state index is 13.3. The lowest BCUT2D eigenvalue weighted by atomic mass is 9.96. The monoisotopic (exact) mass is 532 g/mol. The van der Waals surface area contributed by atoms with Crippen molar-refractivity contribution in [3.63, 3.8) is 0 Å². The molecule has 2 saturated heterocycles. The first-order valence-electron chi connectivity index (χ1n) is 12.8. The molecule has 2 aromatic rings. The van der Waals surface area contributed by atoms with Crippen LogP contribution in [0.4, 0.5) is 0 Å². The number of hydrogen-bond donors (Lipinski definition) is 0. The van der Waals surface area contributed by atoms with Gasteiger partial charge in [-0.2, -0.15) is 5.10 Å². The van der Waals surface area contributed by atoms with Crippen LogP contribution in [0.2, 0.25) is 5.02 Å². The van der Waals surface area contributed by atoms with E-state index in [-0.39, 0.29) is 24.8 Å². The molecule has 2 aliphatic heterocycles. The molecule has 2 amide bonds. The molecule has 0 radical (unpaired) electrons. The number of benzene rings is 1. The first kappa shape index (κ1) is 27.4. The van der Waals surface area contributed by atoms with Crippen LogP contribution in [0.5, 0.6) is 5.75 Å². The van der Waals surface area contributed by atoms with Gasteiger partial charge in [0.2, 0.25) is 11.8 Å². The molecule has 1 aromatic carbocycles. The van der Waals surface area contributed by atoms with Crippen LogP contribution in [0, 0.1) is 20.8 Å². The van der Waals surface area contributed by atoms with Gasteiger partial charge in [0.05, 0.1) is 38.5 Å². The van der Waals surface area contributed by atoms with Gasteiger partial charge in [0, 0.05) is 43.8 Å². The fourth-order valence-corrected chi connectivity index (χ4v) is 5.11. The number of carbonyl (C=O) groups excluding carboxylic acids is 2. The molecule has 9 nitrogen and oxygen atoms in total. The minimum atomic E-state index is -0.947. The molecule has 0 saturated carbocycles. The first-order valence-corrected chi connectivity index (χ1v) is 13.2. The molecule has 2 aliphatic rings. The van der Waals surface area contributed by atoms with Crippen LogP contribution in [0.1, 0.15) is 35.4 Å². The van der Waals surface area contributed by atoms with E-state index in [4.69, 9.17) is 25.8 Å². The second-order valence-electron chi connectivity index (χ2n) is 9.99. The minimum Gasteiger partial charge on any atom is -0.490 e. The Morgan fingerprint density at radius 2 is 1.81 bits per heavy atom. The Morgan fingerprint density at radius 3 is 2.49 bits per heavy atom. The Balaban J connectivity index is 1.47. The van der Waals surface area contributed by atoms with Gasteiger partial charge in [0.25, 0.3) is 0 Å². The second kappa shape index (κ2) is 11.8. The van der Waals surface area contributed by atoms with E-state index in [2.05, 4.69) is 5.10 Å². The summed E-state index contributed by atoms with van der Waals surface area (Å²) in [6.07, 6.45) is 1.13. The quantitative estimate of drug-likeness (QED) is 0.519. The van der Waals surface area contributed by atoms with Crippen LogP contribution in [0.15, 0.2) is 18.2 Å². The van der Waals surface area contributed by atoms with Crippen LogP contribution >= 0.6 is 11.6 Å². The predicted molar refractivity (Wildman–Crippen MR) is 140 cm³/mol. The van der Waals surface area contributed by atoms with Gasteiger partial charge in [0.15, 0.2) is 0 Å². The number of morpholine rings is 2. The average Bonchev–Trinajstić information content (AvgIpc) is 3.14. The highest BCUT2D eigenvalue weighted by Crippen LogP contribution is 2.28. The largest absolute Gasteiger partial charge is 0.490 e. The third-order valence-electron chi connectivity index (χ3n) is 7.32. The number of ether oxygens (including phenoxy) is 3. The minimum absolute atomic E-state index is 0.0184. The SMILES string of the molecule is Cc1cc(OCC2(CC(=O)N3CCOCC3)CN(C(=O)CCc3c(C)nn(C)c3C)CCO2)ccc1Cl. The molecule has 37 heavy (non-hydrogen) atoms. The van der Waals surface area contributed by atoms with Crippen molar-refractivity contribution in [1.29, 1.82) is 0 Å².